The molecule has 1 aliphatic heterocycles. The molecule has 1 aromatic rings. The van der Waals surface area contributed by atoms with E-state index in [1.807, 2.05) is 6.07 Å². The van der Waals surface area contributed by atoms with Crippen molar-refractivity contribution < 1.29 is 19.3 Å². The summed E-state index contributed by atoms with van der Waals surface area (Å²) in [5.74, 6) is 0. The summed E-state index contributed by atoms with van der Waals surface area (Å²) < 4.78 is 19.0. The van der Waals surface area contributed by atoms with Gasteiger partial charge in [0.2, 0.25) is 0 Å². The minimum Gasteiger partial charge on any atom is -0.385 e. The molecule has 5 atom stereocenters. The molecule has 0 unspecified atom stereocenters. The van der Waals surface area contributed by atoms with Crippen molar-refractivity contribution in [2.24, 2.45) is 5.73 Å². The molecule has 4 N–H and O–H groups in total. The topological polar surface area (TPSA) is 75.7 Å². The zero-order valence-electron chi connectivity index (χ0n) is 10.2. The Bertz CT molecular complexity index is 386. The van der Waals surface area contributed by atoms with Gasteiger partial charge in [0, 0.05) is 6.42 Å². The molecular weight excluding hydrogens is 237 g/mol. The van der Waals surface area contributed by atoms with Gasteiger partial charge in [-0.15, -0.1) is 0 Å². The molecule has 0 aliphatic carbocycles. The lowest BCUT2D eigenvalue weighted by molar-refractivity contribution is -0.263. The predicted molar refractivity (Wildman–Crippen MR) is 64.5 cm³/mol. The van der Waals surface area contributed by atoms with Gasteiger partial charge in [-0.1, -0.05) is 30.3 Å². The Hall–Kier alpha value is -1.01. The first-order chi connectivity index (χ1) is 8.45. The van der Waals surface area contributed by atoms with Gasteiger partial charge in [-0.2, -0.15) is 0 Å². The molecule has 0 spiro atoms. The third-order valence-corrected chi connectivity index (χ3v) is 3.50. The molecule has 1 aliphatic rings. The molecule has 5 heteroatoms. The smallest absolute Gasteiger partial charge is 0.189 e. The highest BCUT2D eigenvalue weighted by Crippen LogP contribution is 2.32. The third kappa shape index (κ3) is 2.27. The van der Waals surface area contributed by atoms with Crippen LogP contribution in [-0.2, 0) is 11.2 Å². The second-order valence-corrected chi connectivity index (χ2v) is 4.81. The summed E-state index contributed by atoms with van der Waals surface area (Å²) in [5, 5.41) is 19.9. The van der Waals surface area contributed by atoms with E-state index in [0.717, 1.165) is 5.56 Å². The lowest BCUT2D eigenvalue weighted by Gasteiger charge is -2.45. The zero-order chi connectivity index (χ0) is 13.3. The average Bonchev–Trinajstić information content (AvgIpc) is 2.36. The number of halogens is 1. The Kier molecular flexibility index (Phi) is 3.68. The minimum atomic E-state index is -1.93. The number of aliphatic hydroxyl groups excluding tert-OH is 1. The standard InChI is InChI=1S/C13H18FNO3/c1-8-11(15)13(17,10(14)12(16)18-8)7-9-5-3-2-4-6-9/h2-6,8,10-12,16-17H,7,15H2,1H3/t8-,10+,11+,12+,13-/m1/s1. The van der Waals surface area contributed by atoms with Crippen molar-refractivity contribution in [3.8, 4) is 0 Å². The first-order valence-electron chi connectivity index (χ1n) is 5.94. The molecule has 0 saturated carbocycles. The Morgan fingerprint density at radius 1 is 1.39 bits per heavy atom. The molecule has 0 radical (unpaired) electrons. The van der Waals surface area contributed by atoms with Crippen molar-refractivity contribution >= 4 is 0 Å². The van der Waals surface area contributed by atoms with Crippen LogP contribution in [-0.4, -0.2) is 40.4 Å². The van der Waals surface area contributed by atoms with Crippen molar-refractivity contribution in [2.45, 2.75) is 43.6 Å². The van der Waals surface area contributed by atoms with Gasteiger partial charge in [0.1, 0.15) is 5.60 Å². The van der Waals surface area contributed by atoms with Crippen molar-refractivity contribution in [1.29, 1.82) is 0 Å². The molecule has 0 aromatic heterocycles. The average molecular weight is 255 g/mol. The van der Waals surface area contributed by atoms with Gasteiger partial charge in [-0.3, -0.25) is 0 Å². The van der Waals surface area contributed by atoms with Crippen molar-refractivity contribution in [3.63, 3.8) is 0 Å². The van der Waals surface area contributed by atoms with E-state index >= 15 is 0 Å². The van der Waals surface area contributed by atoms with Crippen molar-refractivity contribution in [2.75, 3.05) is 0 Å². The van der Waals surface area contributed by atoms with Crippen LogP contribution in [0.1, 0.15) is 12.5 Å². The quantitative estimate of drug-likeness (QED) is 0.713. The van der Waals surface area contributed by atoms with Crippen LogP contribution in [0.25, 0.3) is 0 Å². The first-order valence-corrected chi connectivity index (χ1v) is 5.94. The summed E-state index contributed by atoms with van der Waals surface area (Å²) in [6, 6.07) is 8.11. The highest BCUT2D eigenvalue weighted by molar-refractivity contribution is 5.20. The molecule has 1 fully saturated rings. The SMILES string of the molecule is C[C@H]1O[C@H](O)[C@H](F)[C@](O)(Cc2ccccc2)[C@H]1N. The van der Waals surface area contributed by atoms with E-state index in [-0.39, 0.29) is 6.42 Å². The van der Waals surface area contributed by atoms with E-state index in [1.54, 1.807) is 31.2 Å². The van der Waals surface area contributed by atoms with Crippen LogP contribution in [0.2, 0.25) is 0 Å². The summed E-state index contributed by atoms with van der Waals surface area (Å²) >= 11 is 0. The summed E-state index contributed by atoms with van der Waals surface area (Å²) in [5.41, 5.74) is 4.77. The van der Waals surface area contributed by atoms with Gasteiger partial charge in [0.25, 0.3) is 0 Å². The highest BCUT2D eigenvalue weighted by Gasteiger charge is 2.53. The number of aliphatic hydroxyl groups is 2. The normalized spacial score (nSPS) is 40.7. The van der Waals surface area contributed by atoms with Crippen LogP contribution in [0.3, 0.4) is 0 Å². The van der Waals surface area contributed by atoms with Crippen molar-refractivity contribution in [3.05, 3.63) is 35.9 Å². The molecule has 0 amide bonds. The number of hydrogen-bond acceptors (Lipinski definition) is 4. The molecule has 2 rings (SSSR count). The molecule has 1 saturated heterocycles. The van der Waals surface area contributed by atoms with Gasteiger partial charge in [-0.25, -0.2) is 4.39 Å². The van der Waals surface area contributed by atoms with Crippen LogP contribution < -0.4 is 5.73 Å². The first kappa shape index (κ1) is 13.4. The summed E-state index contributed by atoms with van der Waals surface area (Å²) in [6.07, 6.45) is -4.14. The number of benzene rings is 1. The van der Waals surface area contributed by atoms with Gasteiger partial charge in [-0.05, 0) is 12.5 Å². The van der Waals surface area contributed by atoms with Crippen LogP contribution in [0.5, 0.6) is 0 Å². The molecular formula is C13H18FNO3. The zero-order valence-corrected chi connectivity index (χ0v) is 10.2. The number of hydrogen-bond donors (Lipinski definition) is 3. The van der Waals surface area contributed by atoms with E-state index in [4.69, 9.17) is 10.5 Å². The number of rotatable bonds is 2. The largest absolute Gasteiger partial charge is 0.385 e. The Balaban J connectivity index is 2.26. The van der Waals surface area contributed by atoms with Crippen LogP contribution in [0, 0.1) is 0 Å². The molecule has 1 heterocycles. The van der Waals surface area contributed by atoms with E-state index in [9.17, 15) is 14.6 Å². The summed E-state index contributed by atoms with van der Waals surface area (Å²) in [4.78, 5) is 0. The Morgan fingerprint density at radius 3 is 2.61 bits per heavy atom. The second kappa shape index (κ2) is 4.93. The monoisotopic (exact) mass is 255 g/mol. The third-order valence-electron chi connectivity index (χ3n) is 3.50. The fourth-order valence-corrected chi connectivity index (χ4v) is 2.35. The molecule has 4 nitrogen and oxygen atoms in total. The van der Waals surface area contributed by atoms with Crippen molar-refractivity contribution in [1.82, 2.24) is 0 Å². The van der Waals surface area contributed by atoms with Crippen LogP contribution in [0.15, 0.2) is 30.3 Å². The number of alkyl halides is 1. The maximum Gasteiger partial charge on any atom is 0.189 e. The van der Waals surface area contributed by atoms with Gasteiger partial charge < -0.3 is 20.7 Å². The highest BCUT2D eigenvalue weighted by atomic mass is 19.1. The molecule has 0 bridgehead atoms. The van der Waals surface area contributed by atoms with Crippen LogP contribution in [0.4, 0.5) is 4.39 Å². The molecule has 18 heavy (non-hydrogen) atoms. The molecule has 1 aromatic carbocycles. The second-order valence-electron chi connectivity index (χ2n) is 4.81. The van der Waals surface area contributed by atoms with E-state index in [0.29, 0.717) is 0 Å². The van der Waals surface area contributed by atoms with E-state index in [1.165, 1.54) is 0 Å². The maximum absolute atomic E-state index is 14.0. The lowest BCUT2D eigenvalue weighted by Crippen LogP contribution is -2.68. The van der Waals surface area contributed by atoms with E-state index in [2.05, 4.69) is 0 Å². The lowest BCUT2D eigenvalue weighted by atomic mass is 9.79. The summed E-state index contributed by atoms with van der Waals surface area (Å²) in [6.45, 7) is 1.61. The van der Waals surface area contributed by atoms with Gasteiger partial charge in [0.15, 0.2) is 12.5 Å². The number of nitrogens with two attached hydrogens (primary N) is 1. The fraction of sp³-hybridized carbons (Fsp3) is 0.538. The van der Waals surface area contributed by atoms with Gasteiger partial charge in [0.05, 0.1) is 12.1 Å². The molecule has 100 valence electrons. The Labute approximate surface area is 105 Å². The Morgan fingerprint density at radius 2 is 2.00 bits per heavy atom. The predicted octanol–water partition coefficient (Wildman–Crippen LogP) is 0.363. The maximum atomic E-state index is 14.0. The minimum absolute atomic E-state index is 0.0426. The fourth-order valence-electron chi connectivity index (χ4n) is 2.35. The van der Waals surface area contributed by atoms with E-state index < -0.39 is 30.2 Å². The summed E-state index contributed by atoms with van der Waals surface area (Å²) in [7, 11) is 0. The van der Waals surface area contributed by atoms with Gasteiger partial charge >= 0.3 is 0 Å². The van der Waals surface area contributed by atoms with Crippen LogP contribution >= 0.6 is 0 Å². The number of ether oxygens (including phenoxy) is 1.